The fourth-order valence-corrected chi connectivity index (χ4v) is 1.33. The molecule has 0 aromatic carbocycles. The third-order valence-corrected chi connectivity index (χ3v) is 2.85. The summed E-state index contributed by atoms with van der Waals surface area (Å²) >= 11 is 0. The van der Waals surface area contributed by atoms with Crippen LogP contribution in [0.25, 0.3) is 0 Å². The summed E-state index contributed by atoms with van der Waals surface area (Å²) in [6.45, 7) is 1.49. The van der Waals surface area contributed by atoms with Gasteiger partial charge in [0.15, 0.2) is 0 Å². The average Bonchev–Trinajstić information content (AvgIpc) is 1.97. The maximum Gasteiger partial charge on any atom is 0.380 e. The summed E-state index contributed by atoms with van der Waals surface area (Å²) in [6.07, 6.45) is -1.76. The Morgan fingerprint density at radius 3 is 1.60 bits per heavy atom. The van der Waals surface area contributed by atoms with Gasteiger partial charge in [-0.25, -0.2) is 9.28 Å². The van der Waals surface area contributed by atoms with Gasteiger partial charge < -0.3 is 14.7 Å². The molecule has 2 radical (unpaired) electrons. The van der Waals surface area contributed by atoms with Gasteiger partial charge in [0.25, 0.3) is 5.54 Å². The van der Waals surface area contributed by atoms with Crippen molar-refractivity contribution < 1.29 is 24.0 Å². The number of carbonyl (C=O) groups is 1. The Morgan fingerprint density at radius 2 is 1.53 bits per heavy atom. The molecule has 1 atom stereocenters. The van der Waals surface area contributed by atoms with Gasteiger partial charge in [0.1, 0.15) is 0 Å². The molecule has 0 aliphatic carbocycles. The van der Waals surface area contributed by atoms with Crippen LogP contribution in [0.5, 0.6) is 0 Å². The van der Waals surface area contributed by atoms with Crippen LogP contribution in [0.1, 0.15) is 6.92 Å². The smallest absolute Gasteiger partial charge is 0.363 e. The highest BCUT2D eigenvalue weighted by Crippen LogP contribution is 2.26. The topological polar surface area (TPSA) is 57.5 Å². The van der Waals surface area contributed by atoms with Crippen LogP contribution < -0.4 is 0 Å². The van der Waals surface area contributed by atoms with Crippen molar-refractivity contribution in [3.05, 3.63) is 7.05 Å². The minimum atomic E-state index is -1.76. The van der Waals surface area contributed by atoms with Gasteiger partial charge in [-0.05, 0) is 0 Å². The van der Waals surface area contributed by atoms with Crippen LogP contribution >= 0.6 is 0 Å². The lowest BCUT2D eigenvalue weighted by Crippen LogP contribution is -2.71. The molecule has 0 aliphatic rings. The van der Waals surface area contributed by atoms with Gasteiger partial charge >= 0.3 is 5.91 Å². The van der Waals surface area contributed by atoms with E-state index in [4.69, 9.17) is 7.05 Å². The van der Waals surface area contributed by atoms with Gasteiger partial charge in [-0.3, -0.25) is 0 Å². The molecule has 0 spiro atoms. The zero-order valence-electron chi connectivity index (χ0n) is 10.4. The molecule has 88 valence electrons. The Kier molecular flexibility index (Phi) is 3.70. The van der Waals surface area contributed by atoms with Gasteiger partial charge in [0.05, 0.1) is 35.2 Å². The molecule has 0 rings (SSSR count). The molecule has 2 N–H and O–H groups in total. The van der Waals surface area contributed by atoms with Crippen molar-refractivity contribution in [2.75, 3.05) is 35.2 Å². The number of amides is 1. The maximum atomic E-state index is 12.1. The van der Waals surface area contributed by atoms with Gasteiger partial charge in [0, 0.05) is 6.92 Å². The minimum absolute atomic E-state index is 0.0857. The first-order chi connectivity index (χ1) is 6.35. The molecule has 0 saturated carbocycles. The van der Waals surface area contributed by atoms with E-state index in [1.807, 2.05) is 0 Å². The highest BCUT2D eigenvalue weighted by atomic mass is 16.5. The number of nitrogens with zero attached hydrogens (tertiary/aromatic N) is 2. The zero-order valence-corrected chi connectivity index (χ0v) is 10.4. The maximum absolute atomic E-state index is 12.1. The number of hydrogen-bond acceptors (Lipinski definition) is 3. The third-order valence-electron chi connectivity index (χ3n) is 2.85. The molecule has 1 unspecified atom stereocenters. The first-order valence-corrected chi connectivity index (χ1v) is 4.70. The summed E-state index contributed by atoms with van der Waals surface area (Å²) in [7, 11) is 13.8. The summed E-state index contributed by atoms with van der Waals surface area (Å²) in [5.41, 5.74) is -1.36. The van der Waals surface area contributed by atoms with Crippen LogP contribution in [-0.4, -0.2) is 72.2 Å². The number of likely N-dealkylation sites (N-methyl/N-ethyl adjacent to an activating group) is 2. The van der Waals surface area contributed by atoms with Crippen LogP contribution in [0.4, 0.5) is 0 Å². The molecule has 0 saturated heterocycles. The third kappa shape index (κ3) is 2.55. The van der Waals surface area contributed by atoms with Crippen molar-refractivity contribution in [2.24, 2.45) is 0 Å². The van der Waals surface area contributed by atoms with Crippen LogP contribution in [0, 0.1) is 7.05 Å². The molecular weight excluding hydrogens is 196 g/mol. The molecule has 1 amide bonds. The second-order valence-corrected chi connectivity index (χ2v) is 5.38. The van der Waals surface area contributed by atoms with Crippen molar-refractivity contribution in [3.63, 3.8) is 0 Å². The van der Waals surface area contributed by atoms with E-state index in [-0.39, 0.29) is 4.48 Å². The Balaban J connectivity index is 5.44. The van der Waals surface area contributed by atoms with Crippen LogP contribution in [0.3, 0.4) is 0 Å². The van der Waals surface area contributed by atoms with Gasteiger partial charge in [-0.15, -0.1) is 0 Å². The highest BCUT2D eigenvalue weighted by Gasteiger charge is 2.58. The molecule has 0 aliphatic heterocycles. The summed E-state index contributed by atoms with van der Waals surface area (Å²) in [6, 6.07) is 0. The molecule has 0 aromatic heterocycles. The highest BCUT2D eigenvalue weighted by molar-refractivity contribution is 5.79. The van der Waals surface area contributed by atoms with Crippen molar-refractivity contribution >= 4 is 5.91 Å². The Labute approximate surface area is 91.7 Å². The molecule has 0 heterocycles. The first-order valence-electron chi connectivity index (χ1n) is 4.70. The zero-order chi connectivity index (χ0) is 12.7. The minimum Gasteiger partial charge on any atom is -0.363 e. The molecular formula is C10H22N2O3+2. The van der Waals surface area contributed by atoms with E-state index >= 15 is 0 Å². The van der Waals surface area contributed by atoms with E-state index in [1.165, 1.54) is 21.0 Å². The van der Waals surface area contributed by atoms with Crippen LogP contribution in [0.15, 0.2) is 0 Å². The summed E-state index contributed by atoms with van der Waals surface area (Å²) < 4.78 is -0.355. The number of aliphatic hydroxyl groups excluding tert-OH is 1. The standard InChI is InChI=1S/C10H22N2O3/c1-10(9(14)15,12(5,6)7)8(13)11(2,3)4/h2,9,14-15H,1,3-7H3/q+2. The van der Waals surface area contributed by atoms with Crippen LogP contribution in [0.2, 0.25) is 0 Å². The van der Waals surface area contributed by atoms with E-state index in [1.54, 1.807) is 21.1 Å². The van der Waals surface area contributed by atoms with Crippen LogP contribution in [-0.2, 0) is 4.79 Å². The fourth-order valence-electron chi connectivity index (χ4n) is 1.33. The quantitative estimate of drug-likeness (QED) is 0.473. The predicted octanol–water partition coefficient (Wildman–Crippen LogP) is -0.966. The van der Waals surface area contributed by atoms with Gasteiger partial charge in [-0.2, -0.15) is 0 Å². The molecule has 0 fully saturated rings. The molecule has 5 heteroatoms. The second-order valence-electron chi connectivity index (χ2n) is 5.38. The number of carbonyl (C=O) groups excluding carboxylic acids is 1. The Morgan fingerprint density at radius 1 is 1.20 bits per heavy atom. The molecule has 0 aromatic rings. The van der Waals surface area contributed by atoms with Gasteiger partial charge in [0.2, 0.25) is 13.3 Å². The first kappa shape index (κ1) is 14.5. The number of aliphatic hydroxyl groups is 2. The molecule has 15 heavy (non-hydrogen) atoms. The van der Waals surface area contributed by atoms with E-state index < -0.39 is 22.2 Å². The normalized spacial score (nSPS) is 17.7. The van der Waals surface area contributed by atoms with E-state index in [0.29, 0.717) is 0 Å². The lowest BCUT2D eigenvalue weighted by atomic mass is 9.95. The predicted molar refractivity (Wildman–Crippen MR) is 56.1 cm³/mol. The summed E-state index contributed by atoms with van der Waals surface area (Å²) in [4.78, 5) is 12.1. The summed E-state index contributed by atoms with van der Waals surface area (Å²) in [5, 5.41) is 18.8. The number of hydrogen-bond donors (Lipinski definition) is 2. The van der Waals surface area contributed by atoms with Crippen molar-refractivity contribution in [3.8, 4) is 0 Å². The average molecular weight is 218 g/mol. The summed E-state index contributed by atoms with van der Waals surface area (Å²) in [5.74, 6) is -0.440. The monoisotopic (exact) mass is 218 g/mol. The molecule has 5 nitrogen and oxygen atoms in total. The largest absolute Gasteiger partial charge is 0.380 e. The van der Waals surface area contributed by atoms with Crippen molar-refractivity contribution in [1.29, 1.82) is 0 Å². The van der Waals surface area contributed by atoms with E-state index in [0.717, 1.165) is 0 Å². The fraction of sp³-hybridized carbons (Fsp3) is 0.800. The van der Waals surface area contributed by atoms with Crippen molar-refractivity contribution in [1.82, 2.24) is 0 Å². The number of quaternary nitrogens is 2. The molecule has 0 bridgehead atoms. The Hall–Kier alpha value is -0.490. The second kappa shape index (κ2) is 3.83. The SMILES string of the molecule is [CH][N+](C)(C)C(=O)C(C)(C(O)O)[N+](C)(C)C. The van der Waals surface area contributed by atoms with E-state index in [9.17, 15) is 15.0 Å². The van der Waals surface area contributed by atoms with E-state index in [2.05, 4.69) is 0 Å². The van der Waals surface area contributed by atoms with Crippen molar-refractivity contribution in [2.45, 2.75) is 18.8 Å². The van der Waals surface area contributed by atoms with Gasteiger partial charge in [-0.1, -0.05) is 0 Å². The Bertz CT molecular complexity index is 250. The lowest BCUT2D eigenvalue weighted by molar-refractivity contribution is -0.932. The lowest BCUT2D eigenvalue weighted by Gasteiger charge is -2.44. The number of rotatable bonds is 3.